The number of nitrogen functional groups attached to an aromatic ring is 1. The van der Waals surface area contributed by atoms with Crippen molar-refractivity contribution in [1.82, 2.24) is 19.5 Å². The van der Waals surface area contributed by atoms with Crippen LogP contribution in [0.3, 0.4) is 0 Å². The molecule has 0 radical (unpaired) electrons. The van der Waals surface area contributed by atoms with Gasteiger partial charge in [0.1, 0.15) is 29.2 Å². The van der Waals surface area contributed by atoms with Gasteiger partial charge >= 0.3 is 0 Å². The van der Waals surface area contributed by atoms with Gasteiger partial charge in [0.05, 0.1) is 24.1 Å². The van der Waals surface area contributed by atoms with Crippen LogP contribution >= 0.6 is 0 Å². The average Bonchev–Trinajstić information content (AvgIpc) is 3.15. The second-order valence-electron chi connectivity index (χ2n) is 8.03. The Bertz CT molecular complexity index is 1290. The summed E-state index contributed by atoms with van der Waals surface area (Å²) in [6.07, 6.45) is 1.32. The highest BCUT2D eigenvalue weighted by Crippen LogP contribution is 2.37. The Kier molecular flexibility index (Phi) is 4.97. The minimum Gasteiger partial charge on any atom is -0.495 e. The van der Waals surface area contributed by atoms with Crippen molar-refractivity contribution in [3.05, 3.63) is 36.2 Å². The van der Waals surface area contributed by atoms with Crippen molar-refractivity contribution in [2.45, 2.75) is 26.3 Å². The molecule has 2 N–H and O–H groups in total. The molecule has 10 nitrogen and oxygen atoms in total. The van der Waals surface area contributed by atoms with E-state index < -0.39 is 5.54 Å². The zero-order valence-corrected chi connectivity index (χ0v) is 18.3. The number of fused-ring (bicyclic) bond motifs is 1. The van der Waals surface area contributed by atoms with Crippen molar-refractivity contribution in [2.75, 3.05) is 30.8 Å². The summed E-state index contributed by atoms with van der Waals surface area (Å²) in [6, 6.07) is 9.22. The molecule has 1 aromatic carbocycles. The van der Waals surface area contributed by atoms with Gasteiger partial charge in [0.15, 0.2) is 5.82 Å². The number of benzene rings is 1. The van der Waals surface area contributed by atoms with Crippen LogP contribution in [0.2, 0.25) is 0 Å². The lowest BCUT2D eigenvalue weighted by atomic mass is 9.96. The van der Waals surface area contributed by atoms with E-state index in [0.29, 0.717) is 41.3 Å². The molecular formula is C22H23N7O3. The minimum atomic E-state index is -0.998. The number of methoxy groups -OCH3 is 1. The molecule has 0 aliphatic carbocycles. The first-order valence-electron chi connectivity index (χ1n) is 10.0. The molecule has 0 spiro atoms. The SMILES string of the molecule is COc1ccc(-c2cc(C#N)c3c(N)ncnn23)cc1N1CCN(C(C)=O)C(C)(C)C1=O. The average molecular weight is 433 g/mol. The summed E-state index contributed by atoms with van der Waals surface area (Å²) in [4.78, 5) is 32.6. The summed E-state index contributed by atoms with van der Waals surface area (Å²) >= 11 is 0. The van der Waals surface area contributed by atoms with Gasteiger partial charge in [0.2, 0.25) is 5.91 Å². The zero-order chi connectivity index (χ0) is 23.2. The molecule has 2 amide bonds. The molecule has 2 aromatic heterocycles. The smallest absolute Gasteiger partial charge is 0.252 e. The number of nitrogens with zero attached hydrogens (tertiary/aromatic N) is 6. The highest BCUT2D eigenvalue weighted by molar-refractivity contribution is 6.04. The molecule has 0 unspecified atom stereocenters. The number of aromatic nitrogens is 3. The fraction of sp³-hybridized carbons (Fsp3) is 0.318. The van der Waals surface area contributed by atoms with Crippen molar-refractivity contribution in [2.24, 2.45) is 0 Å². The van der Waals surface area contributed by atoms with Gasteiger partial charge in [-0.25, -0.2) is 9.50 Å². The Labute approximate surface area is 184 Å². The molecule has 3 heterocycles. The molecule has 0 bridgehead atoms. The molecule has 1 fully saturated rings. The third kappa shape index (κ3) is 3.10. The van der Waals surface area contributed by atoms with Crippen LogP contribution in [0, 0.1) is 11.3 Å². The number of hydrogen-bond donors (Lipinski definition) is 1. The molecule has 0 saturated carbocycles. The van der Waals surface area contributed by atoms with E-state index in [1.54, 1.807) is 40.3 Å². The van der Waals surface area contributed by atoms with Gasteiger partial charge in [0.25, 0.3) is 5.91 Å². The fourth-order valence-electron chi connectivity index (χ4n) is 4.23. The van der Waals surface area contributed by atoms with E-state index in [9.17, 15) is 14.9 Å². The van der Waals surface area contributed by atoms with Gasteiger partial charge in [-0.15, -0.1) is 0 Å². The Balaban J connectivity index is 1.85. The second-order valence-corrected chi connectivity index (χ2v) is 8.03. The number of carbonyl (C=O) groups excluding carboxylic acids is 2. The van der Waals surface area contributed by atoms with Crippen LogP contribution in [0.4, 0.5) is 11.5 Å². The van der Waals surface area contributed by atoms with Gasteiger partial charge in [-0.3, -0.25) is 9.59 Å². The number of nitrogens with two attached hydrogens (primary N) is 1. The molecule has 4 rings (SSSR count). The monoisotopic (exact) mass is 433 g/mol. The van der Waals surface area contributed by atoms with Gasteiger partial charge < -0.3 is 20.3 Å². The fourth-order valence-corrected chi connectivity index (χ4v) is 4.23. The molecular weight excluding hydrogens is 410 g/mol. The van der Waals surface area contributed by atoms with Crippen LogP contribution in [0.5, 0.6) is 5.75 Å². The van der Waals surface area contributed by atoms with Crippen LogP contribution in [0.1, 0.15) is 26.3 Å². The van der Waals surface area contributed by atoms with Crippen LogP contribution in [0.25, 0.3) is 16.8 Å². The maximum absolute atomic E-state index is 13.4. The standard InChI is InChI=1S/C22H23N7O3/c1-13(30)28-8-7-27(21(31)22(28,2)3)17-9-14(5-6-18(17)32-4)16-10-15(11-23)19-20(24)25-12-26-29(16)19/h5-6,9-10,12H,7-8H2,1-4H3,(H2,24,25,26). The van der Waals surface area contributed by atoms with Crippen molar-refractivity contribution in [1.29, 1.82) is 5.26 Å². The van der Waals surface area contributed by atoms with Crippen LogP contribution < -0.4 is 15.4 Å². The molecule has 10 heteroatoms. The topological polar surface area (TPSA) is 130 Å². The number of piperazine rings is 1. The van der Waals surface area contributed by atoms with E-state index >= 15 is 0 Å². The molecule has 1 aliphatic heterocycles. The molecule has 164 valence electrons. The highest BCUT2D eigenvalue weighted by atomic mass is 16.5. The first kappa shape index (κ1) is 21.1. The Hall–Kier alpha value is -4.13. The summed E-state index contributed by atoms with van der Waals surface area (Å²) in [6.45, 7) is 5.66. The van der Waals surface area contributed by atoms with Gasteiger partial charge in [-0.2, -0.15) is 10.4 Å². The Morgan fingerprint density at radius 2 is 2.03 bits per heavy atom. The van der Waals surface area contributed by atoms with Crippen LogP contribution in [-0.2, 0) is 9.59 Å². The lowest BCUT2D eigenvalue weighted by molar-refractivity contribution is -0.145. The molecule has 1 aliphatic rings. The summed E-state index contributed by atoms with van der Waals surface area (Å²) in [5, 5.41) is 13.8. The normalized spacial score (nSPS) is 15.7. The number of amides is 2. The van der Waals surface area contributed by atoms with E-state index in [1.807, 2.05) is 12.1 Å². The largest absolute Gasteiger partial charge is 0.495 e. The summed E-state index contributed by atoms with van der Waals surface area (Å²) < 4.78 is 7.10. The number of hydrogen-bond acceptors (Lipinski definition) is 7. The first-order chi connectivity index (χ1) is 15.2. The maximum atomic E-state index is 13.4. The quantitative estimate of drug-likeness (QED) is 0.667. The van der Waals surface area contributed by atoms with E-state index in [1.165, 1.54) is 20.4 Å². The summed E-state index contributed by atoms with van der Waals surface area (Å²) in [5.41, 5.74) is 7.67. The van der Waals surface area contributed by atoms with Crippen molar-refractivity contribution >= 4 is 28.8 Å². The summed E-state index contributed by atoms with van der Waals surface area (Å²) in [7, 11) is 1.54. The number of rotatable bonds is 3. The third-order valence-corrected chi connectivity index (χ3v) is 5.84. The van der Waals surface area contributed by atoms with Crippen molar-refractivity contribution in [3.8, 4) is 23.1 Å². The van der Waals surface area contributed by atoms with E-state index in [0.717, 1.165) is 5.56 Å². The van der Waals surface area contributed by atoms with Gasteiger partial charge in [0, 0.05) is 25.6 Å². The Morgan fingerprint density at radius 3 is 2.69 bits per heavy atom. The third-order valence-electron chi connectivity index (χ3n) is 5.84. The molecule has 32 heavy (non-hydrogen) atoms. The molecule has 1 saturated heterocycles. The first-order valence-corrected chi connectivity index (χ1v) is 10.0. The molecule has 3 aromatic rings. The number of anilines is 2. The molecule has 0 atom stereocenters. The highest BCUT2D eigenvalue weighted by Gasteiger charge is 2.44. The van der Waals surface area contributed by atoms with E-state index in [2.05, 4.69) is 16.2 Å². The van der Waals surface area contributed by atoms with Gasteiger partial charge in [-0.05, 0) is 38.1 Å². The predicted octanol–water partition coefficient (Wildman–Crippen LogP) is 1.83. The van der Waals surface area contributed by atoms with Gasteiger partial charge in [-0.1, -0.05) is 0 Å². The minimum absolute atomic E-state index is 0.148. The van der Waals surface area contributed by atoms with E-state index in [-0.39, 0.29) is 17.6 Å². The lowest BCUT2D eigenvalue weighted by Gasteiger charge is -2.45. The van der Waals surface area contributed by atoms with Crippen molar-refractivity contribution in [3.63, 3.8) is 0 Å². The predicted molar refractivity (Wildman–Crippen MR) is 118 cm³/mol. The lowest BCUT2D eigenvalue weighted by Crippen LogP contribution is -2.64. The second kappa shape index (κ2) is 7.53. The number of carbonyl (C=O) groups is 2. The Morgan fingerprint density at radius 1 is 1.28 bits per heavy atom. The zero-order valence-electron chi connectivity index (χ0n) is 18.3. The summed E-state index contributed by atoms with van der Waals surface area (Å²) in [5.74, 6) is 0.363. The van der Waals surface area contributed by atoms with Crippen LogP contribution in [-0.4, -0.2) is 57.1 Å². The number of ether oxygens (including phenoxy) is 1. The van der Waals surface area contributed by atoms with Crippen LogP contribution in [0.15, 0.2) is 30.6 Å². The number of nitriles is 1. The maximum Gasteiger partial charge on any atom is 0.252 e. The van der Waals surface area contributed by atoms with E-state index in [4.69, 9.17) is 10.5 Å². The van der Waals surface area contributed by atoms with Crippen molar-refractivity contribution < 1.29 is 14.3 Å².